The minimum atomic E-state index is -0.189. The Morgan fingerprint density at radius 3 is 2.48 bits per heavy atom. The highest BCUT2D eigenvalue weighted by Crippen LogP contribution is 2.23. The zero-order valence-electron chi connectivity index (χ0n) is 18.0. The first kappa shape index (κ1) is 20.9. The van der Waals surface area contributed by atoms with Gasteiger partial charge in [0.2, 0.25) is 4.96 Å². The van der Waals surface area contributed by atoms with Crippen molar-refractivity contribution in [3.8, 4) is 28.6 Å². The van der Waals surface area contributed by atoms with Crippen LogP contribution >= 0.6 is 11.3 Å². The molecule has 3 aromatic carbocycles. The van der Waals surface area contributed by atoms with Gasteiger partial charge >= 0.3 is 0 Å². The van der Waals surface area contributed by atoms with Crippen molar-refractivity contribution in [1.29, 1.82) is 0 Å². The summed E-state index contributed by atoms with van der Waals surface area (Å²) in [6.45, 7) is 2.75. The number of thiazole rings is 1. The Morgan fingerprint density at radius 2 is 1.73 bits per heavy atom. The van der Waals surface area contributed by atoms with Gasteiger partial charge in [-0.05, 0) is 66.6 Å². The molecule has 6 nitrogen and oxygen atoms in total. The molecule has 164 valence electrons. The lowest BCUT2D eigenvalue weighted by molar-refractivity contribution is 0.317. The molecule has 0 fully saturated rings. The van der Waals surface area contributed by atoms with Crippen LogP contribution in [0.1, 0.15) is 18.9 Å². The molecule has 5 rings (SSSR count). The summed E-state index contributed by atoms with van der Waals surface area (Å²) >= 11 is 1.31. The molecule has 0 aliphatic heterocycles. The molecule has 0 spiro atoms. The Kier molecular flexibility index (Phi) is 5.87. The molecule has 2 aromatic heterocycles. The minimum Gasteiger partial charge on any atom is -0.494 e. The summed E-state index contributed by atoms with van der Waals surface area (Å²) in [5.74, 6) is 2.79. The summed E-state index contributed by atoms with van der Waals surface area (Å²) in [6, 6.07) is 24.8. The number of nitrogens with zero attached hydrogens (tertiary/aromatic N) is 3. The number of benzene rings is 3. The maximum Gasteiger partial charge on any atom is 0.291 e. The Balaban J connectivity index is 1.41. The molecule has 33 heavy (non-hydrogen) atoms. The molecular weight excluding hydrogens is 434 g/mol. The zero-order chi connectivity index (χ0) is 22.6. The van der Waals surface area contributed by atoms with Crippen molar-refractivity contribution in [3.63, 3.8) is 0 Å². The van der Waals surface area contributed by atoms with E-state index in [4.69, 9.17) is 9.47 Å². The number of para-hydroxylation sites is 1. The van der Waals surface area contributed by atoms with Crippen LogP contribution in [0, 0.1) is 0 Å². The lowest BCUT2D eigenvalue weighted by Crippen LogP contribution is -2.23. The first-order valence-electron chi connectivity index (χ1n) is 10.7. The zero-order valence-corrected chi connectivity index (χ0v) is 18.8. The van der Waals surface area contributed by atoms with Crippen LogP contribution in [-0.4, -0.2) is 21.2 Å². The number of rotatable bonds is 7. The molecule has 0 N–H and O–H groups in total. The second-order valence-corrected chi connectivity index (χ2v) is 8.42. The highest BCUT2D eigenvalue weighted by atomic mass is 32.1. The second kappa shape index (κ2) is 9.26. The second-order valence-electron chi connectivity index (χ2n) is 7.41. The molecule has 0 saturated carbocycles. The Morgan fingerprint density at radius 1 is 0.939 bits per heavy atom. The highest BCUT2D eigenvalue weighted by molar-refractivity contribution is 7.15. The van der Waals surface area contributed by atoms with Gasteiger partial charge in [-0.3, -0.25) is 4.79 Å². The lowest BCUT2D eigenvalue weighted by Gasteiger charge is -2.05. The van der Waals surface area contributed by atoms with Crippen LogP contribution < -0.4 is 19.6 Å². The van der Waals surface area contributed by atoms with Gasteiger partial charge in [0, 0.05) is 5.56 Å². The van der Waals surface area contributed by atoms with Crippen molar-refractivity contribution in [2.45, 2.75) is 13.3 Å². The van der Waals surface area contributed by atoms with Gasteiger partial charge in [0.1, 0.15) is 17.2 Å². The fourth-order valence-electron chi connectivity index (χ4n) is 3.32. The SMILES string of the molecule is CCCOc1ccc(-c2nc3s/c(=C\c4cccc(Oc5ccccc5)c4)c(=O)n3n2)cc1. The monoisotopic (exact) mass is 455 g/mol. The molecule has 0 aliphatic carbocycles. The number of ether oxygens (including phenoxy) is 2. The summed E-state index contributed by atoms with van der Waals surface area (Å²) < 4.78 is 13.4. The largest absolute Gasteiger partial charge is 0.494 e. The third-order valence-electron chi connectivity index (χ3n) is 4.90. The van der Waals surface area contributed by atoms with Crippen molar-refractivity contribution in [2.75, 3.05) is 6.61 Å². The van der Waals surface area contributed by atoms with Gasteiger partial charge in [-0.15, -0.1) is 5.10 Å². The van der Waals surface area contributed by atoms with E-state index in [0.29, 0.717) is 27.7 Å². The van der Waals surface area contributed by atoms with E-state index in [1.54, 1.807) is 0 Å². The summed E-state index contributed by atoms with van der Waals surface area (Å²) in [6.07, 6.45) is 2.79. The first-order chi connectivity index (χ1) is 16.2. The number of fused-ring (bicyclic) bond motifs is 1. The van der Waals surface area contributed by atoms with Crippen LogP contribution in [0.4, 0.5) is 0 Å². The van der Waals surface area contributed by atoms with Crippen molar-refractivity contribution >= 4 is 22.4 Å². The fraction of sp³-hybridized carbons (Fsp3) is 0.115. The van der Waals surface area contributed by atoms with E-state index in [2.05, 4.69) is 17.0 Å². The third kappa shape index (κ3) is 4.63. The smallest absolute Gasteiger partial charge is 0.291 e. The molecule has 2 heterocycles. The van der Waals surface area contributed by atoms with Gasteiger partial charge in [-0.25, -0.2) is 0 Å². The van der Waals surface area contributed by atoms with Crippen LogP contribution in [0.25, 0.3) is 22.4 Å². The highest BCUT2D eigenvalue weighted by Gasteiger charge is 2.12. The molecule has 0 saturated heterocycles. The fourth-order valence-corrected chi connectivity index (χ4v) is 4.23. The standard InChI is InChI=1S/C26H21N3O3S/c1-2-15-31-20-13-11-19(12-14-20)24-27-26-29(28-24)25(30)23(33-26)17-18-7-6-10-22(16-18)32-21-8-4-3-5-9-21/h3-14,16-17H,2,15H2,1H3/b23-17-. The van der Waals surface area contributed by atoms with Gasteiger partial charge in [-0.2, -0.15) is 9.50 Å². The molecule has 0 aliphatic rings. The van der Waals surface area contributed by atoms with E-state index in [1.165, 1.54) is 15.9 Å². The molecule has 0 atom stereocenters. The molecular formula is C26H21N3O3S. The van der Waals surface area contributed by atoms with Crippen molar-refractivity contribution in [1.82, 2.24) is 14.6 Å². The number of hydrogen-bond donors (Lipinski definition) is 0. The van der Waals surface area contributed by atoms with E-state index in [-0.39, 0.29) is 5.56 Å². The van der Waals surface area contributed by atoms with Crippen LogP contribution in [0.3, 0.4) is 0 Å². The van der Waals surface area contributed by atoms with Gasteiger partial charge in [0.25, 0.3) is 5.56 Å². The van der Waals surface area contributed by atoms with Crippen molar-refractivity contribution in [2.24, 2.45) is 0 Å². The van der Waals surface area contributed by atoms with Crippen molar-refractivity contribution < 1.29 is 9.47 Å². The van der Waals surface area contributed by atoms with Gasteiger partial charge < -0.3 is 9.47 Å². The van der Waals surface area contributed by atoms with E-state index in [1.807, 2.05) is 84.9 Å². The normalized spacial score (nSPS) is 11.7. The van der Waals surface area contributed by atoms with Crippen LogP contribution in [0.2, 0.25) is 0 Å². The molecule has 7 heteroatoms. The summed E-state index contributed by atoms with van der Waals surface area (Å²) in [7, 11) is 0. The Bertz CT molecular complexity index is 1490. The lowest BCUT2D eigenvalue weighted by atomic mass is 10.2. The molecule has 0 unspecified atom stereocenters. The Labute approximate surface area is 194 Å². The predicted molar refractivity (Wildman–Crippen MR) is 130 cm³/mol. The predicted octanol–water partition coefficient (Wildman–Crippen LogP) is 4.95. The van der Waals surface area contributed by atoms with E-state index >= 15 is 0 Å². The molecule has 0 radical (unpaired) electrons. The van der Waals surface area contributed by atoms with Crippen molar-refractivity contribution in [3.05, 3.63) is 99.3 Å². The first-order valence-corrected chi connectivity index (χ1v) is 11.5. The summed E-state index contributed by atoms with van der Waals surface area (Å²) in [5, 5.41) is 4.43. The maximum atomic E-state index is 12.9. The average Bonchev–Trinajstić information content (AvgIpc) is 3.38. The summed E-state index contributed by atoms with van der Waals surface area (Å²) in [5.41, 5.74) is 1.52. The van der Waals surface area contributed by atoms with Crippen LogP contribution in [-0.2, 0) is 0 Å². The number of aromatic nitrogens is 3. The van der Waals surface area contributed by atoms with E-state index in [9.17, 15) is 4.79 Å². The van der Waals surface area contributed by atoms with Crippen LogP contribution in [0.15, 0.2) is 83.7 Å². The van der Waals surface area contributed by atoms with Gasteiger partial charge in [-0.1, -0.05) is 48.6 Å². The maximum absolute atomic E-state index is 12.9. The molecule has 0 amide bonds. The summed E-state index contributed by atoms with van der Waals surface area (Å²) in [4.78, 5) is 18.0. The third-order valence-corrected chi connectivity index (χ3v) is 5.86. The average molecular weight is 456 g/mol. The Hall–Kier alpha value is -3.97. The van der Waals surface area contributed by atoms with Gasteiger partial charge in [0.05, 0.1) is 11.1 Å². The van der Waals surface area contributed by atoms with E-state index in [0.717, 1.165) is 29.0 Å². The van der Waals surface area contributed by atoms with Gasteiger partial charge in [0.15, 0.2) is 5.82 Å². The molecule has 5 aromatic rings. The van der Waals surface area contributed by atoms with Crippen LogP contribution in [0.5, 0.6) is 17.2 Å². The minimum absolute atomic E-state index is 0.189. The van der Waals surface area contributed by atoms with E-state index < -0.39 is 0 Å². The topological polar surface area (TPSA) is 65.7 Å². The molecule has 0 bridgehead atoms. The number of hydrogen-bond acceptors (Lipinski definition) is 6. The quantitative estimate of drug-likeness (QED) is 0.348.